The van der Waals surface area contributed by atoms with Gasteiger partial charge in [-0.05, 0) is 13.0 Å². The molecule has 1 amide bonds. The summed E-state index contributed by atoms with van der Waals surface area (Å²) in [4.78, 5) is 18.9. The van der Waals surface area contributed by atoms with Gasteiger partial charge in [-0.3, -0.25) is 4.79 Å². The Morgan fingerprint density at radius 2 is 2.09 bits per heavy atom. The second-order valence-corrected chi connectivity index (χ2v) is 5.88. The standard InChI is InChI=1S/C15H12F3N3OS/c1-3-8-19-12(22)9(2)23-13-10-6-4-5-7-11(10)20-14(21-13)15(16,17)18/h1,4-7,9H,8H2,2H3,(H,19,22). The summed E-state index contributed by atoms with van der Waals surface area (Å²) in [6.45, 7) is 1.63. The zero-order valence-electron chi connectivity index (χ0n) is 12.0. The first-order chi connectivity index (χ1) is 10.8. The topological polar surface area (TPSA) is 54.9 Å². The van der Waals surface area contributed by atoms with Crippen molar-refractivity contribution in [1.29, 1.82) is 0 Å². The number of benzene rings is 1. The van der Waals surface area contributed by atoms with Gasteiger partial charge in [-0.15, -0.1) is 6.42 Å². The molecule has 0 fully saturated rings. The molecule has 1 heterocycles. The number of carbonyl (C=O) groups is 1. The number of amides is 1. The van der Waals surface area contributed by atoms with Crippen molar-refractivity contribution in [2.45, 2.75) is 23.4 Å². The van der Waals surface area contributed by atoms with Crippen LogP contribution in [-0.2, 0) is 11.0 Å². The van der Waals surface area contributed by atoms with Crippen molar-refractivity contribution in [3.63, 3.8) is 0 Å². The van der Waals surface area contributed by atoms with Crippen LogP contribution in [-0.4, -0.2) is 27.7 Å². The third-order valence-corrected chi connectivity index (χ3v) is 3.95. The van der Waals surface area contributed by atoms with Gasteiger partial charge in [-0.2, -0.15) is 13.2 Å². The fourth-order valence-corrected chi connectivity index (χ4v) is 2.73. The summed E-state index contributed by atoms with van der Waals surface area (Å²) in [5.41, 5.74) is 0.175. The van der Waals surface area contributed by atoms with Crippen molar-refractivity contribution in [3.8, 4) is 12.3 Å². The molecule has 0 saturated heterocycles. The Bertz CT molecular complexity index is 771. The molecule has 2 aromatic rings. The lowest BCUT2D eigenvalue weighted by Gasteiger charge is -2.13. The van der Waals surface area contributed by atoms with Crippen molar-refractivity contribution >= 4 is 28.6 Å². The van der Waals surface area contributed by atoms with Gasteiger partial charge in [0.15, 0.2) is 0 Å². The summed E-state index contributed by atoms with van der Waals surface area (Å²) in [7, 11) is 0. The van der Waals surface area contributed by atoms with E-state index in [-0.39, 0.29) is 23.0 Å². The first kappa shape index (κ1) is 17.1. The van der Waals surface area contributed by atoms with E-state index in [1.807, 2.05) is 0 Å². The summed E-state index contributed by atoms with van der Waals surface area (Å²) < 4.78 is 38.8. The fraction of sp³-hybridized carbons (Fsp3) is 0.267. The number of hydrogen-bond donors (Lipinski definition) is 1. The minimum atomic E-state index is -4.66. The first-order valence-corrected chi connectivity index (χ1v) is 7.42. The lowest BCUT2D eigenvalue weighted by molar-refractivity contribution is -0.145. The summed E-state index contributed by atoms with van der Waals surface area (Å²) >= 11 is 0.930. The lowest BCUT2D eigenvalue weighted by Crippen LogP contribution is -2.31. The van der Waals surface area contributed by atoms with E-state index >= 15 is 0 Å². The van der Waals surface area contributed by atoms with Crippen LogP contribution in [0.15, 0.2) is 29.3 Å². The average molecular weight is 339 g/mol. The molecular formula is C15H12F3N3OS. The number of nitrogens with one attached hydrogen (secondary N) is 1. The number of carbonyl (C=O) groups excluding carboxylic acids is 1. The van der Waals surface area contributed by atoms with Crippen LogP contribution < -0.4 is 5.32 Å². The lowest BCUT2D eigenvalue weighted by atomic mass is 10.2. The van der Waals surface area contributed by atoms with Gasteiger partial charge in [0.25, 0.3) is 0 Å². The highest BCUT2D eigenvalue weighted by Gasteiger charge is 2.35. The molecule has 0 aliphatic rings. The quantitative estimate of drug-likeness (QED) is 0.529. The summed E-state index contributed by atoms with van der Waals surface area (Å²) in [5, 5.41) is 2.40. The third-order valence-electron chi connectivity index (χ3n) is 2.84. The van der Waals surface area contributed by atoms with E-state index in [4.69, 9.17) is 6.42 Å². The van der Waals surface area contributed by atoms with Crippen LogP contribution in [0.1, 0.15) is 12.7 Å². The molecule has 1 unspecified atom stereocenters. The second-order valence-electron chi connectivity index (χ2n) is 4.55. The van der Waals surface area contributed by atoms with E-state index < -0.39 is 17.3 Å². The maximum absolute atomic E-state index is 12.9. The molecule has 0 aliphatic carbocycles. The number of hydrogen-bond acceptors (Lipinski definition) is 4. The zero-order valence-corrected chi connectivity index (χ0v) is 12.8. The van der Waals surface area contributed by atoms with E-state index in [0.29, 0.717) is 5.39 Å². The number of aromatic nitrogens is 2. The highest BCUT2D eigenvalue weighted by molar-refractivity contribution is 8.00. The van der Waals surface area contributed by atoms with Crippen molar-refractivity contribution < 1.29 is 18.0 Å². The second kappa shape index (κ2) is 6.87. The van der Waals surface area contributed by atoms with Crippen molar-refractivity contribution in [2.24, 2.45) is 0 Å². The van der Waals surface area contributed by atoms with Crippen LogP contribution in [0.3, 0.4) is 0 Å². The van der Waals surface area contributed by atoms with Crippen LogP contribution in [0.5, 0.6) is 0 Å². The van der Waals surface area contributed by atoms with Gasteiger partial charge in [0.2, 0.25) is 11.7 Å². The van der Waals surface area contributed by atoms with Crippen molar-refractivity contribution in [2.75, 3.05) is 6.54 Å². The Morgan fingerprint density at radius 3 is 2.74 bits per heavy atom. The Balaban J connectivity index is 2.39. The zero-order chi connectivity index (χ0) is 17.0. The van der Waals surface area contributed by atoms with Crippen molar-refractivity contribution in [3.05, 3.63) is 30.1 Å². The van der Waals surface area contributed by atoms with Gasteiger partial charge < -0.3 is 5.32 Å². The highest BCUT2D eigenvalue weighted by atomic mass is 32.2. The molecule has 1 N–H and O–H groups in total. The van der Waals surface area contributed by atoms with Gasteiger partial charge in [0.1, 0.15) is 5.03 Å². The number of para-hydroxylation sites is 1. The number of halogens is 3. The molecular weight excluding hydrogens is 327 g/mol. The Kier molecular flexibility index (Phi) is 5.11. The minimum absolute atomic E-state index is 0.0576. The monoisotopic (exact) mass is 339 g/mol. The predicted molar refractivity (Wildman–Crippen MR) is 81.7 cm³/mol. The molecule has 8 heteroatoms. The molecule has 120 valence electrons. The van der Waals surface area contributed by atoms with E-state index in [2.05, 4.69) is 21.2 Å². The molecule has 1 aromatic carbocycles. The van der Waals surface area contributed by atoms with Gasteiger partial charge in [0.05, 0.1) is 17.3 Å². The summed E-state index contributed by atoms with van der Waals surface area (Å²) in [6.07, 6.45) is 0.396. The maximum Gasteiger partial charge on any atom is 0.451 e. The minimum Gasteiger partial charge on any atom is -0.344 e. The van der Waals surface area contributed by atoms with E-state index in [0.717, 1.165) is 11.8 Å². The number of alkyl halides is 3. The highest BCUT2D eigenvalue weighted by Crippen LogP contribution is 2.33. The molecule has 0 radical (unpaired) electrons. The molecule has 0 saturated carbocycles. The molecule has 0 bridgehead atoms. The molecule has 4 nitrogen and oxygen atoms in total. The van der Waals surface area contributed by atoms with Crippen LogP contribution in [0.25, 0.3) is 10.9 Å². The molecule has 1 aromatic heterocycles. The van der Waals surface area contributed by atoms with E-state index in [9.17, 15) is 18.0 Å². The van der Waals surface area contributed by atoms with E-state index in [1.54, 1.807) is 25.1 Å². The largest absolute Gasteiger partial charge is 0.451 e. The first-order valence-electron chi connectivity index (χ1n) is 6.54. The fourth-order valence-electron chi connectivity index (χ4n) is 1.77. The Hall–Kier alpha value is -2.27. The number of thioether (sulfide) groups is 1. The molecule has 0 spiro atoms. The normalized spacial score (nSPS) is 12.7. The molecule has 2 rings (SSSR count). The molecule has 0 aliphatic heterocycles. The number of rotatable bonds is 4. The Morgan fingerprint density at radius 1 is 1.39 bits per heavy atom. The summed E-state index contributed by atoms with van der Waals surface area (Å²) in [6, 6.07) is 6.35. The SMILES string of the molecule is C#CCNC(=O)C(C)Sc1nc(C(F)(F)F)nc2ccccc12. The van der Waals surface area contributed by atoms with Gasteiger partial charge in [-0.1, -0.05) is 35.9 Å². The van der Waals surface area contributed by atoms with Crippen LogP contribution in [0, 0.1) is 12.3 Å². The smallest absolute Gasteiger partial charge is 0.344 e. The Labute approximate surface area is 134 Å². The van der Waals surface area contributed by atoms with Crippen LogP contribution in [0.2, 0.25) is 0 Å². The van der Waals surface area contributed by atoms with Crippen LogP contribution >= 0.6 is 11.8 Å². The van der Waals surface area contributed by atoms with Crippen LogP contribution in [0.4, 0.5) is 13.2 Å². The number of nitrogens with zero attached hydrogens (tertiary/aromatic N) is 2. The number of terminal acetylenes is 1. The average Bonchev–Trinajstić information content (AvgIpc) is 2.51. The van der Waals surface area contributed by atoms with Gasteiger partial charge >= 0.3 is 6.18 Å². The number of fused-ring (bicyclic) bond motifs is 1. The van der Waals surface area contributed by atoms with Crippen molar-refractivity contribution in [1.82, 2.24) is 15.3 Å². The van der Waals surface area contributed by atoms with Gasteiger partial charge in [-0.25, -0.2) is 9.97 Å². The predicted octanol–water partition coefficient (Wildman–Crippen LogP) is 2.88. The third kappa shape index (κ3) is 4.13. The van der Waals surface area contributed by atoms with E-state index in [1.165, 1.54) is 6.07 Å². The molecule has 23 heavy (non-hydrogen) atoms. The molecule has 1 atom stereocenters. The van der Waals surface area contributed by atoms with Gasteiger partial charge in [0, 0.05) is 5.39 Å². The summed E-state index contributed by atoms with van der Waals surface area (Å²) in [5.74, 6) is 0.662. The maximum atomic E-state index is 12.9.